The standard InChI is InChI=1S/C13H28N2S/c1-4-14-13-6-9-15(10-7-13)12(3)8-11-16-5-2/h12-14H,4-11H2,1-3H3. The first-order valence-corrected chi connectivity index (χ1v) is 7.98. The SMILES string of the molecule is CCNC1CCN(C(C)CCSCC)CC1. The monoisotopic (exact) mass is 244 g/mol. The number of hydrogen-bond donors (Lipinski definition) is 1. The third kappa shape index (κ3) is 5.07. The summed E-state index contributed by atoms with van der Waals surface area (Å²) in [5.74, 6) is 2.58. The van der Waals surface area contributed by atoms with Gasteiger partial charge in [0.1, 0.15) is 0 Å². The molecule has 1 aliphatic heterocycles. The number of rotatable bonds is 7. The van der Waals surface area contributed by atoms with E-state index in [0.717, 1.165) is 18.6 Å². The maximum atomic E-state index is 3.57. The molecular weight excluding hydrogens is 216 g/mol. The van der Waals surface area contributed by atoms with Gasteiger partial charge in [-0.2, -0.15) is 11.8 Å². The summed E-state index contributed by atoms with van der Waals surface area (Å²) in [6.07, 6.45) is 4.02. The summed E-state index contributed by atoms with van der Waals surface area (Å²) in [4.78, 5) is 2.67. The second-order valence-electron chi connectivity index (χ2n) is 4.70. The molecule has 1 heterocycles. The van der Waals surface area contributed by atoms with Crippen molar-refractivity contribution >= 4 is 11.8 Å². The van der Waals surface area contributed by atoms with Crippen LogP contribution in [0.15, 0.2) is 0 Å². The molecule has 16 heavy (non-hydrogen) atoms. The van der Waals surface area contributed by atoms with Crippen LogP contribution in [-0.4, -0.2) is 48.1 Å². The van der Waals surface area contributed by atoms with Gasteiger partial charge in [-0.05, 0) is 57.3 Å². The van der Waals surface area contributed by atoms with Crippen LogP contribution >= 0.6 is 11.8 Å². The molecule has 0 aromatic carbocycles. The Bertz CT molecular complexity index is 167. The summed E-state index contributed by atoms with van der Waals surface area (Å²) in [7, 11) is 0. The summed E-state index contributed by atoms with van der Waals surface area (Å²) in [5, 5.41) is 3.57. The van der Waals surface area contributed by atoms with Crippen molar-refractivity contribution in [3.8, 4) is 0 Å². The molecule has 1 fully saturated rings. The van der Waals surface area contributed by atoms with Gasteiger partial charge in [-0.3, -0.25) is 0 Å². The minimum absolute atomic E-state index is 0.776. The topological polar surface area (TPSA) is 15.3 Å². The third-order valence-corrected chi connectivity index (χ3v) is 4.46. The number of nitrogens with zero attached hydrogens (tertiary/aromatic N) is 1. The van der Waals surface area contributed by atoms with E-state index >= 15 is 0 Å². The highest BCUT2D eigenvalue weighted by Crippen LogP contribution is 2.16. The van der Waals surface area contributed by atoms with Crippen molar-refractivity contribution in [2.24, 2.45) is 0 Å². The molecule has 0 saturated carbocycles. The van der Waals surface area contributed by atoms with Crippen LogP contribution in [0.25, 0.3) is 0 Å². The lowest BCUT2D eigenvalue weighted by Crippen LogP contribution is -2.45. The molecule has 2 nitrogen and oxygen atoms in total. The zero-order valence-electron chi connectivity index (χ0n) is 11.2. The summed E-state index contributed by atoms with van der Waals surface area (Å²) in [5.41, 5.74) is 0. The average Bonchev–Trinajstić information content (AvgIpc) is 2.30. The van der Waals surface area contributed by atoms with Crippen molar-refractivity contribution < 1.29 is 0 Å². The largest absolute Gasteiger partial charge is 0.314 e. The molecule has 1 aliphatic rings. The molecule has 0 aliphatic carbocycles. The molecule has 3 heteroatoms. The normalized spacial score (nSPS) is 21.2. The Morgan fingerprint density at radius 3 is 2.56 bits per heavy atom. The molecule has 0 radical (unpaired) electrons. The van der Waals surface area contributed by atoms with E-state index in [4.69, 9.17) is 0 Å². The van der Waals surface area contributed by atoms with E-state index in [2.05, 4.69) is 42.7 Å². The van der Waals surface area contributed by atoms with Gasteiger partial charge < -0.3 is 10.2 Å². The molecule has 1 unspecified atom stereocenters. The molecule has 1 N–H and O–H groups in total. The van der Waals surface area contributed by atoms with Crippen LogP contribution in [0.5, 0.6) is 0 Å². The fourth-order valence-corrected chi connectivity index (χ4v) is 3.21. The lowest BCUT2D eigenvalue weighted by molar-refractivity contribution is 0.150. The maximum Gasteiger partial charge on any atom is 0.00912 e. The second-order valence-corrected chi connectivity index (χ2v) is 6.10. The van der Waals surface area contributed by atoms with Gasteiger partial charge in [-0.25, -0.2) is 0 Å². The molecule has 0 spiro atoms. The molecule has 1 atom stereocenters. The number of piperidine rings is 1. The highest BCUT2D eigenvalue weighted by Gasteiger charge is 2.21. The van der Waals surface area contributed by atoms with Crippen molar-refractivity contribution in [3.05, 3.63) is 0 Å². The van der Waals surface area contributed by atoms with Gasteiger partial charge in [-0.1, -0.05) is 13.8 Å². The van der Waals surface area contributed by atoms with Crippen molar-refractivity contribution in [3.63, 3.8) is 0 Å². The number of thioether (sulfide) groups is 1. The fraction of sp³-hybridized carbons (Fsp3) is 1.00. The van der Waals surface area contributed by atoms with Gasteiger partial charge in [0.15, 0.2) is 0 Å². The first kappa shape index (κ1) is 14.3. The van der Waals surface area contributed by atoms with Gasteiger partial charge >= 0.3 is 0 Å². The minimum Gasteiger partial charge on any atom is -0.314 e. The van der Waals surface area contributed by atoms with Crippen molar-refractivity contribution in [1.29, 1.82) is 0 Å². The van der Waals surface area contributed by atoms with Gasteiger partial charge in [0.25, 0.3) is 0 Å². The molecule has 0 amide bonds. The predicted molar refractivity (Wildman–Crippen MR) is 75.3 cm³/mol. The zero-order valence-corrected chi connectivity index (χ0v) is 12.0. The molecule has 0 aromatic heterocycles. The van der Waals surface area contributed by atoms with Crippen LogP contribution < -0.4 is 5.32 Å². The highest BCUT2D eigenvalue weighted by atomic mass is 32.2. The maximum absolute atomic E-state index is 3.57. The Balaban J connectivity index is 2.14. The predicted octanol–water partition coefficient (Wildman–Crippen LogP) is 2.59. The number of nitrogens with one attached hydrogen (secondary N) is 1. The summed E-state index contributed by atoms with van der Waals surface area (Å²) in [6.45, 7) is 10.5. The third-order valence-electron chi connectivity index (χ3n) is 3.53. The summed E-state index contributed by atoms with van der Waals surface area (Å²) >= 11 is 2.07. The van der Waals surface area contributed by atoms with Crippen molar-refractivity contribution in [2.45, 2.75) is 52.1 Å². The van der Waals surface area contributed by atoms with Crippen molar-refractivity contribution in [1.82, 2.24) is 10.2 Å². The Labute approximate surface area is 106 Å². The van der Waals surface area contributed by atoms with Gasteiger partial charge in [0, 0.05) is 12.1 Å². The van der Waals surface area contributed by atoms with E-state index in [0.29, 0.717) is 0 Å². The second kappa shape index (κ2) is 8.37. The molecule has 0 bridgehead atoms. The van der Waals surface area contributed by atoms with E-state index in [1.54, 1.807) is 0 Å². The molecule has 1 saturated heterocycles. The smallest absolute Gasteiger partial charge is 0.00912 e. The molecular formula is C13H28N2S. The summed E-state index contributed by atoms with van der Waals surface area (Å²) in [6, 6.07) is 1.56. The molecule has 96 valence electrons. The molecule has 1 rings (SSSR count). The van der Waals surface area contributed by atoms with E-state index in [1.165, 1.54) is 43.9 Å². The number of likely N-dealkylation sites (tertiary alicyclic amines) is 1. The van der Waals surface area contributed by atoms with Crippen molar-refractivity contribution in [2.75, 3.05) is 31.1 Å². The van der Waals surface area contributed by atoms with Crippen LogP contribution in [0.2, 0.25) is 0 Å². The van der Waals surface area contributed by atoms with E-state index in [9.17, 15) is 0 Å². The molecule has 0 aromatic rings. The lowest BCUT2D eigenvalue weighted by atomic mass is 10.0. The van der Waals surface area contributed by atoms with E-state index < -0.39 is 0 Å². The van der Waals surface area contributed by atoms with Gasteiger partial charge in [0.2, 0.25) is 0 Å². The van der Waals surface area contributed by atoms with Gasteiger partial charge in [0.05, 0.1) is 0 Å². The Hall–Kier alpha value is 0.270. The lowest BCUT2D eigenvalue weighted by Gasteiger charge is -2.36. The van der Waals surface area contributed by atoms with E-state index in [-0.39, 0.29) is 0 Å². The Kier molecular flexibility index (Phi) is 7.50. The first-order chi connectivity index (χ1) is 7.77. The number of hydrogen-bond acceptors (Lipinski definition) is 3. The fourth-order valence-electron chi connectivity index (χ4n) is 2.41. The average molecular weight is 244 g/mol. The first-order valence-electron chi connectivity index (χ1n) is 6.83. The quantitative estimate of drug-likeness (QED) is 0.693. The van der Waals surface area contributed by atoms with Crippen LogP contribution in [0.4, 0.5) is 0 Å². The van der Waals surface area contributed by atoms with Crippen LogP contribution in [0.3, 0.4) is 0 Å². The zero-order chi connectivity index (χ0) is 11.8. The minimum atomic E-state index is 0.776. The van der Waals surface area contributed by atoms with Crippen LogP contribution in [0.1, 0.15) is 40.0 Å². The highest BCUT2D eigenvalue weighted by molar-refractivity contribution is 7.99. The van der Waals surface area contributed by atoms with Crippen LogP contribution in [-0.2, 0) is 0 Å². The van der Waals surface area contributed by atoms with Gasteiger partial charge in [-0.15, -0.1) is 0 Å². The Morgan fingerprint density at radius 1 is 1.31 bits per heavy atom. The van der Waals surface area contributed by atoms with E-state index in [1.807, 2.05) is 0 Å². The Morgan fingerprint density at radius 2 is 2.00 bits per heavy atom. The summed E-state index contributed by atoms with van der Waals surface area (Å²) < 4.78 is 0. The van der Waals surface area contributed by atoms with Crippen LogP contribution in [0, 0.1) is 0 Å².